The fourth-order valence-electron chi connectivity index (χ4n) is 4.20. The Labute approximate surface area is 242 Å². The maximum atomic E-state index is 13.6. The highest BCUT2D eigenvalue weighted by Gasteiger charge is 2.36. The van der Waals surface area contributed by atoms with Crippen LogP contribution in [0.25, 0.3) is 0 Å². The van der Waals surface area contributed by atoms with Gasteiger partial charge in [-0.05, 0) is 16.7 Å². The monoisotopic (exact) mass is 577 g/mol. The van der Waals surface area contributed by atoms with Gasteiger partial charge in [-0.25, -0.2) is 9.59 Å². The summed E-state index contributed by atoms with van der Waals surface area (Å²) in [6.45, 7) is -0.0293. The summed E-state index contributed by atoms with van der Waals surface area (Å²) in [5.41, 5.74) is 1.61. The molecule has 0 saturated carbocycles. The van der Waals surface area contributed by atoms with E-state index in [9.17, 15) is 29.3 Å². The lowest BCUT2D eigenvalue weighted by Crippen LogP contribution is -2.54. The van der Waals surface area contributed by atoms with Crippen LogP contribution in [0.5, 0.6) is 0 Å². The van der Waals surface area contributed by atoms with Gasteiger partial charge < -0.3 is 24.8 Å². The zero-order valence-electron chi connectivity index (χ0n) is 23.1. The van der Waals surface area contributed by atoms with Gasteiger partial charge in [0, 0.05) is 24.5 Å². The third kappa shape index (κ3) is 9.15. The fourth-order valence-corrected chi connectivity index (χ4v) is 4.20. The molecule has 0 saturated heterocycles. The molecule has 0 heterocycles. The lowest BCUT2D eigenvalue weighted by molar-refractivity contribution is -0.384. The second-order valence-corrected chi connectivity index (χ2v) is 9.19. The molecule has 0 fully saturated rings. The highest BCUT2D eigenvalue weighted by Crippen LogP contribution is 2.27. The molecule has 220 valence electrons. The number of benzene rings is 3. The van der Waals surface area contributed by atoms with Gasteiger partial charge in [-0.15, -0.1) is 0 Å². The number of carbonyl (C=O) groups excluding carboxylic acids is 4. The second-order valence-electron chi connectivity index (χ2n) is 9.19. The second kappa shape index (κ2) is 15.5. The molecule has 0 unspecified atom stereocenters. The van der Waals surface area contributed by atoms with Crippen LogP contribution >= 0.6 is 0 Å². The largest absolute Gasteiger partial charge is 0.469 e. The van der Waals surface area contributed by atoms with E-state index >= 15 is 0 Å². The van der Waals surface area contributed by atoms with Crippen LogP contribution in [0, 0.1) is 10.1 Å². The van der Waals surface area contributed by atoms with Crippen molar-refractivity contribution in [1.82, 2.24) is 10.6 Å². The number of nitro benzene ring substituents is 1. The number of alkyl carbamates (subject to hydrolysis) is 1. The average molecular weight is 578 g/mol. The molecule has 2 N–H and O–H groups in total. The third-order valence-corrected chi connectivity index (χ3v) is 6.41. The zero-order valence-corrected chi connectivity index (χ0v) is 23.1. The number of hydrogen-bond donors (Lipinski definition) is 2. The predicted molar refractivity (Wildman–Crippen MR) is 150 cm³/mol. The number of nitrogens with one attached hydrogen (secondary N) is 2. The van der Waals surface area contributed by atoms with Gasteiger partial charge in [0.05, 0.1) is 25.6 Å². The molecule has 0 aliphatic heterocycles. The van der Waals surface area contributed by atoms with Crippen molar-refractivity contribution in [3.63, 3.8) is 0 Å². The number of carbonyl (C=O) groups is 4. The molecule has 3 aromatic carbocycles. The van der Waals surface area contributed by atoms with E-state index in [4.69, 9.17) is 14.2 Å². The Kier molecular flexibility index (Phi) is 11.5. The number of methoxy groups -OCH3 is 2. The molecule has 0 radical (unpaired) electrons. The summed E-state index contributed by atoms with van der Waals surface area (Å²) in [6, 6.07) is 20.5. The lowest BCUT2D eigenvalue weighted by Gasteiger charge is -2.28. The van der Waals surface area contributed by atoms with E-state index in [1.54, 1.807) is 54.6 Å². The Hall–Kier alpha value is -5.26. The highest BCUT2D eigenvalue weighted by atomic mass is 16.6. The Morgan fingerprint density at radius 2 is 1.40 bits per heavy atom. The maximum absolute atomic E-state index is 13.6. The van der Waals surface area contributed by atoms with Crippen LogP contribution in [0.15, 0.2) is 84.9 Å². The van der Waals surface area contributed by atoms with E-state index in [1.807, 2.05) is 6.07 Å². The van der Waals surface area contributed by atoms with Crippen LogP contribution in [0.4, 0.5) is 10.5 Å². The summed E-state index contributed by atoms with van der Waals surface area (Å²) in [4.78, 5) is 62.2. The Balaban J connectivity index is 1.88. The molecule has 3 rings (SSSR count). The first-order chi connectivity index (χ1) is 20.2. The molecule has 3 aromatic rings. The molecule has 3 atom stereocenters. The van der Waals surface area contributed by atoms with Crippen molar-refractivity contribution < 1.29 is 38.3 Å². The quantitative estimate of drug-likeness (QED) is 0.134. The Morgan fingerprint density at radius 3 is 1.95 bits per heavy atom. The summed E-state index contributed by atoms with van der Waals surface area (Å²) in [6.07, 6.45) is -1.16. The van der Waals surface area contributed by atoms with Crippen LogP contribution in [-0.2, 0) is 41.6 Å². The number of non-ortho nitro benzene ring substituents is 1. The van der Waals surface area contributed by atoms with E-state index in [0.29, 0.717) is 5.56 Å². The lowest BCUT2D eigenvalue weighted by atomic mass is 9.87. The van der Waals surface area contributed by atoms with Crippen LogP contribution < -0.4 is 10.6 Å². The maximum Gasteiger partial charge on any atom is 0.408 e. The summed E-state index contributed by atoms with van der Waals surface area (Å²) in [5.74, 6) is -3.33. The normalized spacial score (nSPS) is 12.6. The minimum atomic E-state index is -1.41. The number of nitrogens with zero attached hydrogens (tertiary/aromatic N) is 1. The van der Waals surface area contributed by atoms with Crippen molar-refractivity contribution in [2.45, 2.75) is 37.5 Å². The first kappa shape index (κ1) is 31.3. The number of ether oxygens (including phenoxy) is 3. The topological polar surface area (TPSA) is 163 Å². The van der Waals surface area contributed by atoms with Crippen molar-refractivity contribution in [2.75, 3.05) is 14.2 Å². The van der Waals surface area contributed by atoms with E-state index in [1.165, 1.54) is 31.4 Å². The summed E-state index contributed by atoms with van der Waals surface area (Å²) >= 11 is 0. The van der Waals surface area contributed by atoms with E-state index < -0.39 is 46.9 Å². The molecule has 0 aromatic heterocycles. The Morgan fingerprint density at radius 1 is 0.810 bits per heavy atom. The zero-order chi connectivity index (χ0) is 30.5. The van der Waals surface area contributed by atoms with Crippen LogP contribution in [-0.4, -0.2) is 55.2 Å². The van der Waals surface area contributed by atoms with E-state index in [2.05, 4.69) is 10.6 Å². The molecule has 12 nitrogen and oxygen atoms in total. The van der Waals surface area contributed by atoms with Gasteiger partial charge in [0.2, 0.25) is 5.91 Å². The third-order valence-electron chi connectivity index (χ3n) is 6.41. The molecule has 12 heteroatoms. The number of hydrogen-bond acceptors (Lipinski definition) is 9. The first-order valence-corrected chi connectivity index (χ1v) is 12.9. The fraction of sp³-hybridized carbons (Fsp3) is 0.267. The van der Waals surface area contributed by atoms with E-state index in [-0.39, 0.29) is 25.1 Å². The van der Waals surface area contributed by atoms with Crippen LogP contribution in [0.1, 0.15) is 29.0 Å². The Bertz CT molecular complexity index is 1370. The SMILES string of the molecule is COC(=O)C[C@@H](c1ccc([N+](=O)[O-])cc1)[C@H](NC(=O)[C@@H](Cc1ccccc1)NC(=O)OCc1ccccc1)C(=O)OC. The first-order valence-electron chi connectivity index (χ1n) is 12.9. The number of nitro groups is 1. The number of esters is 2. The van der Waals surface area contributed by atoms with Crippen LogP contribution in [0.3, 0.4) is 0 Å². The molecular formula is C30H31N3O9. The number of rotatable bonds is 13. The van der Waals surface area contributed by atoms with Gasteiger partial charge >= 0.3 is 18.0 Å². The van der Waals surface area contributed by atoms with Gasteiger partial charge in [0.1, 0.15) is 18.7 Å². The van der Waals surface area contributed by atoms with Gasteiger partial charge in [0.25, 0.3) is 5.69 Å². The molecule has 2 amide bonds. The molecule has 0 bridgehead atoms. The van der Waals surface area contributed by atoms with Crippen molar-refractivity contribution >= 4 is 29.6 Å². The molecule has 0 aliphatic rings. The average Bonchev–Trinajstić information content (AvgIpc) is 3.01. The van der Waals surface area contributed by atoms with Gasteiger partial charge in [-0.3, -0.25) is 19.7 Å². The minimum absolute atomic E-state index is 0.0293. The molecular weight excluding hydrogens is 546 g/mol. The standard InChI is InChI=1S/C30H31N3O9/c1-40-26(34)18-24(22-13-15-23(16-14-22)33(38)39)27(29(36)41-2)32-28(35)25(17-20-9-5-3-6-10-20)31-30(37)42-19-21-11-7-4-8-12-21/h3-16,24-25,27H,17-19H2,1-2H3,(H,31,37)(H,32,35)/t24-,25+,27-/m0/s1. The molecule has 0 spiro atoms. The van der Waals surface area contributed by atoms with Gasteiger partial charge in [-0.2, -0.15) is 0 Å². The van der Waals surface area contributed by atoms with Crippen molar-refractivity contribution in [2.24, 2.45) is 0 Å². The summed E-state index contributed by atoms with van der Waals surface area (Å²) in [7, 11) is 2.29. The minimum Gasteiger partial charge on any atom is -0.469 e. The summed E-state index contributed by atoms with van der Waals surface area (Å²) in [5, 5.41) is 16.3. The number of amides is 2. The van der Waals surface area contributed by atoms with Crippen LogP contribution in [0.2, 0.25) is 0 Å². The van der Waals surface area contributed by atoms with Gasteiger partial charge in [0.15, 0.2) is 0 Å². The molecule has 0 aliphatic carbocycles. The highest BCUT2D eigenvalue weighted by molar-refractivity contribution is 5.90. The molecule has 42 heavy (non-hydrogen) atoms. The van der Waals surface area contributed by atoms with Crippen molar-refractivity contribution in [3.8, 4) is 0 Å². The van der Waals surface area contributed by atoms with Crippen molar-refractivity contribution in [3.05, 3.63) is 112 Å². The van der Waals surface area contributed by atoms with Gasteiger partial charge in [-0.1, -0.05) is 72.8 Å². The van der Waals surface area contributed by atoms with Crippen molar-refractivity contribution in [1.29, 1.82) is 0 Å². The van der Waals surface area contributed by atoms with E-state index in [0.717, 1.165) is 18.2 Å². The summed E-state index contributed by atoms with van der Waals surface area (Å²) < 4.78 is 15.0. The smallest absolute Gasteiger partial charge is 0.408 e. The predicted octanol–water partition coefficient (Wildman–Crippen LogP) is 3.44.